The van der Waals surface area contributed by atoms with Gasteiger partial charge in [0.05, 0.1) is 12.2 Å². The first-order valence-corrected chi connectivity index (χ1v) is 11.6. The Morgan fingerprint density at radius 2 is 1.81 bits per heavy atom. The number of para-hydroxylation sites is 1. The predicted octanol–water partition coefficient (Wildman–Crippen LogP) is 4.99. The Kier molecular flexibility index (Phi) is 7.78. The molecule has 0 spiro atoms. The Morgan fingerprint density at radius 3 is 2.44 bits per heavy atom. The zero-order valence-corrected chi connectivity index (χ0v) is 18.4. The number of pyridine rings is 1. The quantitative estimate of drug-likeness (QED) is 0.488. The first-order chi connectivity index (χ1) is 15.6. The second kappa shape index (κ2) is 10.9. The van der Waals surface area contributed by atoms with E-state index in [2.05, 4.69) is 9.97 Å². The monoisotopic (exact) mass is 460 g/mol. The number of benzene rings is 1. The number of aromatic nitrogens is 2. The van der Waals surface area contributed by atoms with E-state index in [0.29, 0.717) is 30.6 Å². The molecule has 3 fully saturated rings. The van der Waals surface area contributed by atoms with Gasteiger partial charge in [-0.05, 0) is 55.9 Å². The van der Waals surface area contributed by atoms with Gasteiger partial charge in [0.1, 0.15) is 10.8 Å². The molecule has 2 saturated heterocycles. The Balaban J connectivity index is 0.000000422. The van der Waals surface area contributed by atoms with E-state index in [9.17, 15) is 8.78 Å². The summed E-state index contributed by atoms with van der Waals surface area (Å²) in [6, 6.07) is 10.7. The number of aliphatic hydroxyl groups is 1. The molecule has 1 atom stereocenters. The maximum atomic E-state index is 12.9. The minimum atomic E-state index is -2.89. The number of rotatable bonds is 9. The smallest absolute Gasteiger partial charge is 0.387 e. The van der Waals surface area contributed by atoms with Crippen LogP contribution in [0.15, 0.2) is 55.0 Å². The van der Waals surface area contributed by atoms with Gasteiger partial charge in [-0.15, -0.1) is 11.3 Å². The van der Waals surface area contributed by atoms with Crippen molar-refractivity contribution >= 4 is 11.3 Å². The number of halogens is 2. The normalized spacial score (nSPS) is 19.4. The van der Waals surface area contributed by atoms with Crippen LogP contribution >= 0.6 is 11.3 Å². The summed E-state index contributed by atoms with van der Waals surface area (Å²) in [7, 11) is 0. The summed E-state index contributed by atoms with van der Waals surface area (Å²) >= 11 is 1.54. The lowest BCUT2D eigenvalue weighted by Gasteiger charge is -2.49. The molecular formula is C24H26F2N2O3S. The summed E-state index contributed by atoms with van der Waals surface area (Å²) < 4.78 is 35.5. The van der Waals surface area contributed by atoms with Crippen LogP contribution in [0.25, 0.3) is 0 Å². The number of aliphatic hydroxyl groups excluding tert-OH is 1. The minimum Gasteiger partial charge on any atom is -0.435 e. The van der Waals surface area contributed by atoms with Gasteiger partial charge in [0.25, 0.3) is 0 Å². The highest BCUT2D eigenvalue weighted by molar-refractivity contribution is 7.11. The molecule has 1 unspecified atom stereocenters. The van der Waals surface area contributed by atoms with E-state index in [-0.39, 0.29) is 18.3 Å². The molecule has 1 aromatic carbocycles. The third-order valence-electron chi connectivity index (χ3n) is 5.59. The summed E-state index contributed by atoms with van der Waals surface area (Å²) in [5.74, 6) is -0.0473. The molecule has 2 aromatic heterocycles. The van der Waals surface area contributed by atoms with Gasteiger partial charge in [0.15, 0.2) is 0 Å². The van der Waals surface area contributed by atoms with Crippen molar-refractivity contribution in [3.8, 4) is 5.75 Å². The van der Waals surface area contributed by atoms with Gasteiger partial charge in [-0.1, -0.05) is 18.2 Å². The molecule has 2 bridgehead atoms. The van der Waals surface area contributed by atoms with Gasteiger partial charge in [-0.2, -0.15) is 8.78 Å². The van der Waals surface area contributed by atoms with Crippen LogP contribution in [0, 0.1) is 0 Å². The zero-order chi connectivity index (χ0) is 22.3. The van der Waals surface area contributed by atoms with Gasteiger partial charge in [0.2, 0.25) is 0 Å². The summed E-state index contributed by atoms with van der Waals surface area (Å²) in [5.41, 5.74) is 1.71. The molecular weight excluding hydrogens is 434 g/mol. The molecule has 3 aliphatic rings. The van der Waals surface area contributed by atoms with Crippen molar-refractivity contribution in [3.63, 3.8) is 0 Å². The molecule has 4 heterocycles. The molecule has 1 N–H and O–H groups in total. The fourth-order valence-corrected chi connectivity index (χ4v) is 4.75. The Hall–Kier alpha value is -2.42. The van der Waals surface area contributed by atoms with Crippen LogP contribution in [0.1, 0.15) is 46.2 Å². The molecule has 0 amide bonds. The van der Waals surface area contributed by atoms with E-state index in [1.807, 2.05) is 18.2 Å². The molecule has 0 radical (unpaired) electrons. The number of ether oxygens (including phenoxy) is 2. The first-order valence-electron chi connectivity index (χ1n) is 10.8. The van der Waals surface area contributed by atoms with Gasteiger partial charge in [0, 0.05) is 41.6 Å². The van der Waals surface area contributed by atoms with Crippen LogP contribution in [-0.4, -0.2) is 40.5 Å². The van der Waals surface area contributed by atoms with Crippen LogP contribution in [-0.2, 0) is 17.6 Å². The SMILES string of the molecule is C1C2CC1O2.OCCCc1cnc(C(Cc2ccncc2)c2ccccc2OC(F)F)s1. The zero-order valence-electron chi connectivity index (χ0n) is 17.6. The molecule has 1 saturated carbocycles. The second-order valence-corrected chi connectivity index (χ2v) is 9.02. The highest BCUT2D eigenvalue weighted by Crippen LogP contribution is 2.39. The number of thiazole rings is 1. The number of alkyl halides is 2. The number of nitrogens with zero attached hydrogens (tertiary/aromatic N) is 2. The Labute approximate surface area is 190 Å². The number of aryl methyl sites for hydroxylation is 1. The predicted molar refractivity (Wildman–Crippen MR) is 118 cm³/mol. The lowest BCUT2D eigenvalue weighted by atomic mass is 9.84. The van der Waals surface area contributed by atoms with Crippen LogP contribution in [0.2, 0.25) is 0 Å². The van der Waals surface area contributed by atoms with E-state index < -0.39 is 6.61 Å². The third kappa shape index (κ3) is 5.88. The van der Waals surface area contributed by atoms with Crippen molar-refractivity contribution < 1.29 is 23.4 Å². The molecule has 3 aromatic rings. The average molecular weight is 461 g/mol. The molecule has 32 heavy (non-hydrogen) atoms. The second-order valence-electron chi connectivity index (χ2n) is 7.87. The van der Waals surface area contributed by atoms with E-state index >= 15 is 0 Å². The fourth-order valence-electron chi connectivity index (χ4n) is 3.68. The Bertz CT molecular complexity index is 966. The van der Waals surface area contributed by atoms with E-state index in [4.69, 9.17) is 14.6 Å². The Morgan fingerprint density at radius 1 is 1.12 bits per heavy atom. The summed E-state index contributed by atoms with van der Waals surface area (Å²) in [6.45, 7) is -2.76. The standard InChI is InChI=1S/C20H20F2N2O2S.C4H6O/c21-20(22)26-18-6-2-1-5-16(18)17(12-14-7-9-23-10-8-14)19-24-13-15(27-19)4-3-11-25;1-3-2-4(1)5-3/h1-2,5-10,13,17,20,25H,3-4,11-12H2;3-4H,1-2H2. The van der Waals surface area contributed by atoms with Gasteiger partial charge >= 0.3 is 6.61 Å². The molecule has 2 aliphatic heterocycles. The molecule has 6 rings (SSSR count). The summed E-state index contributed by atoms with van der Waals surface area (Å²) in [4.78, 5) is 9.63. The minimum absolute atomic E-state index is 0.124. The van der Waals surface area contributed by atoms with Crippen LogP contribution in [0.5, 0.6) is 5.75 Å². The van der Waals surface area contributed by atoms with Crippen molar-refractivity contribution in [2.75, 3.05) is 6.61 Å². The highest BCUT2D eigenvalue weighted by atomic mass is 32.1. The topological polar surface area (TPSA) is 64.5 Å². The first kappa shape index (κ1) is 22.8. The molecule has 1 aliphatic carbocycles. The van der Waals surface area contributed by atoms with Crippen LogP contribution < -0.4 is 4.74 Å². The van der Waals surface area contributed by atoms with Crippen molar-refractivity contribution in [2.45, 2.75) is 56.8 Å². The maximum Gasteiger partial charge on any atom is 0.387 e. The summed E-state index contributed by atoms with van der Waals surface area (Å²) in [6.07, 6.45) is 11.4. The van der Waals surface area contributed by atoms with Gasteiger partial charge in [-0.3, -0.25) is 4.98 Å². The van der Waals surface area contributed by atoms with Crippen molar-refractivity contribution in [1.29, 1.82) is 0 Å². The number of hydrogen-bond acceptors (Lipinski definition) is 6. The third-order valence-corrected chi connectivity index (χ3v) is 6.76. The van der Waals surface area contributed by atoms with Crippen LogP contribution in [0.4, 0.5) is 8.78 Å². The van der Waals surface area contributed by atoms with Crippen LogP contribution in [0.3, 0.4) is 0 Å². The van der Waals surface area contributed by atoms with Crippen molar-refractivity contribution in [3.05, 3.63) is 76.0 Å². The van der Waals surface area contributed by atoms with E-state index in [1.54, 1.807) is 48.1 Å². The average Bonchev–Trinajstić information content (AvgIpc) is 3.18. The fraction of sp³-hybridized carbons (Fsp3) is 0.417. The molecule has 5 nitrogen and oxygen atoms in total. The van der Waals surface area contributed by atoms with Gasteiger partial charge < -0.3 is 14.6 Å². The maximum absolute atomic E-state index is 12.9. The molecule has 170 valence electrons. The van der Waals surface area contributed by atoms with E-state index in [1.165, 1.54) is 12.8 Å². The van der Waals surface area contributed by atoms with E-state index in [0.717, 1.165) is 21.9 Å². The van der Waals surface area contributed by atoms with Gasteiger partial charge in [-0.25, -0.2) is 4.98 Å². The largest absolute Gasteiger partial charge is 0.435 e. The molecule has 8 heteroatoms. The lowest BCUT2D eigenvalue weighted by Crippen LogP contribution is -2.52. The van der Waals surface area contributed by atoms with Crippen molar-refractivity contribution in [1.82, 2.24) is 9.97 Å². The lowest BCUT2D eigenvalue weighted by molar-refractivity contribution is -0.237. The summed E-state index contributed by atoms with van der Waals surface area (Å²) in [5, 5.41) is 9.87. The van der Waals surface area contributed by atoms with Crippen molar-refractivity contribution in [2.24, 2.45) is 0 Å². The number of hydrogen-bond donors (Lipinski definition) is 1. The highest BCUT2D eigenvalue weighted by Gasteiger charge is 2.43.